The summed E-state index contributed by atoms with van der Waals surface area (Å²) in [5.41, 5.74) is 3.46. The molecule has 0 aliphatic carbocycles. The maximum Gasteiger partial charge on any atom is 0.335 e. The number of Topliss-reactive ketones (excluding diaryl/α,β-unsaturated/α-hetero) is 1. The largest absolute Gasteiger partial charge is 0.335 e. The Morgan fingerprint density at radius 2 is 1.29 bits per heavy atom. The number of aliphatic imine (C=N–C) groups is 1. The first-order valence-electron chi connectivity index (χ1n) is 11.3. The SMILES string of the molecule is O=NC(=O)C1=C(c2ccccc2)C(N2CC(c3ccccc3)C(c3ccccc3)C2)C(=O)C=N1. The summed E-state index contributed by atoms with van der Waals surface area (Å²) >= 11 is 0. The van der Waals surface area contributed by atoms with Crippen molar-refractivity contribution in [1.29, 1.82) is 0 Å². The summed E-state index contributed by atoms with van der Waals surface area (Å²) < 4.78 is 0. The van der Waals surface area contributed by atoms with Crippen molar-refractivity contribution in [1.82, 2.24) is 4.90 Å². The zero-order valence-electron chi connectivity index (χ0n) is 18.5. The highest BCUT2D eigenvalue weighted by Crippen LogP contribution is 2.43. The van der Waals surface area contributed by atoms with E-state index in [0.29, 0.717) is 24.2 Å². The van der Waals surface area contributed by atoms with Crippen LogP contribution in [0.2, 0.25) is 0 Å². The number of hydrogen-bond donors (Lipinski definition) is 0. The van der Waals surface area contributed by atoms with Crippen LogP contribution in [0.3, 0.4) is 0 Å². The minimum Gasteiger partial charge on any atom is -0.291 e. The third-order valence-electron chi connectivity index (χ3n) is 6.66. The summed E-state index contributed by atoms with van der Waals surface area (Å²) in [6.45, 7) is 1.25. The van der Waals surface area contributed by atoms with Gasteiger partial charge in [-0.15, -0.1) is 4.91 Å². The van der Waals surface area contributed by atoms with Gasteiger partial charge >= 0.3 is 5.91 Å². The molecule has 5 rings (SSSR count). The lowest BCUT2D eigenvalue weighted by Crippen LogP contribution is -2.43. The number of ketones is 1. The monoisotopic (exact) mass is 449 g/mol. The van der Waals surface area contributed by atoms with Gasteiger partial charge in [0, 0.05) is 35.7 Å². The first kappa shape index (κ1) is 21.8. The maximum absolute atomic E-state index is 13.3. The molecule has 2 heterocycles. The van der Waals surface area contributed by atoms with E-state index in [-0.39, 0.29) is 23.3 Å². The van der Waals surface area contributed by atoms with Crippen molar-refractivity contribution in [2.24, 2.45) is 10.2 Å². The molecule has 3 aromatic carbocycles. The molecule has 168 valence electrons. The molecule has 0 N–H and O–H groups in total. The van der Waals surface area contributed by atoms with Crippen molar-refractivity contribution in [3.63, 3.8) is 0 Å². The number of hydrogen-bond acceptors (Lipinski definition) is 5. The van der Waals surface area contributed by atoms with Crippen LogP contribution in [0.5, 0.6) is 0 Å². The van der Waals surface area contributed by atoms with Gasteiger partial charge in [0.1, 0.15) is 11.7 Å². The van der Waals surface area contributed by atoms with Gasteiger partial charge in [0.2, 0.25) is 0 Å². The molecule has 2 aliphatic heterocycles. The highest BCUT2D eigenvalue weighted by Gasteiger charge is 2.43. The molecule has 3 atom stereocenters. The van der Waals surface area contributed by atoms with Crippen molar-refractivity contribution in [3.8, 4) is 0 Å². The highest BCUT2D eigenvalue weighted by molar-refractivity contribution is 6.36. The maximum atomic E-state index is 13.3. The van der Waals surface area contributed by atoms with Crippen LogP contribution in [-0.4, -0.2) is 41.9 Å². The fraction of sp³-hybridized carbons (Fsp3) is 0.179. The Kier molecular flexibility index (Phi) is 6.06. The molecule has 0 bridgehead atoms. The van der Waals surface area contributed by atoms with Crippen LogP contribution in [0.25, 0.3) is 5.57 Å². The number of likely N-dealkylation sites (tertiary alicyclic amines) is 1. The summed E-state index contributed by atoms with van der Waals surface area (Å²) in [6.07, 6.45) is 1.16. The number of carbonyl (C=O) groups excluding carboxylic acids is 2. The molecule has 3 unspecified atom stereocenters. The molecule has 1 fully saturated rings. The smallest absolute Gasteiger partial charge is 0.291 e. The number of amides is 1. The molecular formula is C28H23N3O3. The Morgan fingerprint density at radius 3 is 1.79 bits per heavy atom. The molecule has 3 aromatic rings. The second-order valence-electron chi connectivity index (χ2n) is 8.58. The van der Waals surface area contributed by atoms with E-state index in [1.807, 2.05) is 66.7 Å². The van der Waals surface area contributed by atoms with Crippen LogP contribution in [0, 0.1) is 4.91 Å². The number of nitrogens with zero attached hydrogens (tertiary/aromatic N) is 3. The number of carbonyl (C=O) groups is 2. The normalized spacial score (nSPS) is 22.7. The minimum absolute atomic E-state index is 0.0646. The molecule has 6 heteroatoms. The predicted molar refractivity (Wildman–Crippen MR) is 131 cm³/mol. The van der Waals surface area contributed by atoms with Crippen molar-refractivity contribution < 1.29 is 9.59 Å². The van der Waals surface area contributed by atoms with E-state index in [1.165, 1.54) is 11.1 Å². The van der Waals surface area contributed by atoms with Gasteiger partial charge in [0.25, 0.3) is 0 Å². The van der Waals surface area contributed by atoms with Crippen LogP contribution >= 0.6 is 0 Å². The van der Waals surface area contributed by atoms with Gasteiger partial charge in [0.15, 0.2) is 5.78 Å². The summed E-state index contributed by atoms with van der Waals surface area (Å²) in [6, 6.07) is 29.0. The lowest BCUT2D eigenvalue weighted by atomic mass is 9.84. The molecule has 0 saturated carbocycles. The van der Waals surface area contributed by atoms with E-state index in [1.54, 1.807) is 0 Å². The molecule has 34 heavy (non-hydrogen) atoms. The second kappa shape index (κ2) is 9.45. The topological polar surface area (TPSA) is 79.2 Å². The molecule has 6 nitrogen and oxygen atoms in total. The van der Waals surface area contributed by atoms with E-state index in [4.69, 9.17) is 0 Å². The molecule has 0 spiro atoms. The van der Waals surface area contributed by atoms with Gasteiger partial charge in [-0.2, -0.15) is 0 Å². The van der Waals surface area contributed by atoms with E-state index < -0.39 is 11.9 Å². The zero-order valence-corrected chi connectivity index (χ0v) is 18.5. The predicted octanol–water partition coefficient (Wildman–Crippen LogP) is 4.60. The van der Waals surface area contributed by atoms with E-state index >= 15 is 0 Å². The lowest BCUT2D eigenvalue weighted by Gasteiger charge is -2.31. The molecule has 0 aromatic heterocycles. The van der Waals surface area contributed by atoms with Crippen LogP contribution < -0.4 is 0 Å². The van der Waals surface area contributed by atoms with E-state index in [2.05, 4.69) is 39.3 Å². The first-order chi connectivity index (χ1) is 16.7. The van der Waals surface area contributed by atoms with Gasteiger partial charge in [-0.1, -0.05) is 91.0 Å². The Bertz CT molecular complexity index is 1220. The average Bonchev–Trinajstić information content (AvgIpc) is 3.34. The molecule has 1 saturated heterocycles. The minimum atomic E-state index is -0.967. The Hall–Kier alpha value is -4.03. The second-order valence-corrected chi connectivity index (χ2v) is 8.58. The van der Waals surface area contributed by atoms with Gasteiger partial charge in [0.05, 0.1) is 6.21 Å². The number of nitroso groups, excluding NO2 is 1. The fourth-order valence-corrected chi connectivity index (χ4v) is 5.15. The molecule has 0 radical (unpaired) electrons. The van der Waals surface area contributed by atoms with Crippen molar-refractivity contribution >= 4 is 23.5 Å². The summed E-state index contributed by atoms with van der Waals surface area (Å²) in [5.74, 6) is -0.848. The molecular weight excluding hydrogens is 426 g/mol. The number of rotatable bonds is 5. The van der Waals surface area contributed by atoms with Crippen molar-refractivity contribution in [3.05, 3.63) is 118 Å². The zero-order chi connectivity index (χ0) is 23.5. The molecule has 1 amide bonds. The molecule has 2 aliphatic rings. The summed E-state index contributed by atoms with van der Waals surface area (Å²) in [7, 11) is 0. The summed E-state index contributed by atoms with van der Waals surface area (Å²) in [4.78, 5) is 43.0. The number of benzene rings is 3. The van der Waals surface area contributed by atoms with E-state index in [0.717, 1.165) is 6.21 Å². The lowest BCUT2D eigenvalue weighted by molar-refractivity contribution is -0.115. The van der Waals surface area contributed by atoms with Gasteiger partial charge in [-0.3, -0.25) is 14.5 Å². The highest BCUT2D eigenvalue weighted by atomic mass is 16.3. The van der Waals surface area contributed by atoms with E-state index in [9.17, 15) is 14.5 Å². The van der Waals surface area contributed by atoms with Gasteiger partial charge in [-0.25, -0.2) is 4.99 Å². The third-order valence-corrected chi connectivity index (χ3v) is 6.66. The van der Waals surface area contributed by atoms with Crippen LogP contribution in [0.4, 0.5) is 0 Å². The Balaban J connectivity index is 1.60. The van der Waals surface area contributed by atoms with Crippen LogP contribution in [0.15, 0.2) is 107 Å². The van der Waals surface area contributed by atoms with Crippen molar-refractivity contribution in [2.45, 2.75) is 17.9 Å². The van der Waals surface area contributed by atoms with Crippen molar-refractivity contribution in [2.75, 3.05) is 13.1 Å². The Labute approximate surface area is 197 Å². The van der Waals surface area contributed by atoms with Crippen LogP contribution in [0.1, 0.15) is 28.5 Å². The van der Waals surface area contributed by atoms with Gasteiger partial charge < -0.3 is 0 Å². The fourth-order valence-electron chi connectivity index (χ4n) is 5.15. The average molecular weight is 450 g/mol. The third kappa shape index (κ3) is 4.04. The van der Waals surface area contributed by atoms with Gasteiger partial charge in [-0.05, 0) is 16.7 Å². The first-order valence-corrected chi connectivity index (χ1v) is 11.3. The Morgan fingerprint density at radius 1 is 0.794 bits per heavy atom. The van der Waals surface area contributed by atoms with Crippen LogP contribution in [-0.2, 0) is 9.59 Å². The quantitative estimate of drug-likeness (QED) is 0.534. The standard InChI is InChI=1S/C28H23N3O3/c32-24-16-29-26(28(33)30-34)25(21-14-8-3-9-15-21)27(24)31-17-22(19-10-4-1-5-11-19)23(18-31)20-12-6-2-7-13-20/h1-16,22-23,27H,17-18H2. The summed E-state index contributed by atoms with van der Waals surface area (Å²) in [5, 5.41) is 2.61.